The van der Waals surface area contributed by atoms with Gasteiger partial charge in [-0.25, -0.2) is 0 Å². The lowest BCUT2D eigenvalue weighted by atomic mass is 10.2. The molecule has 13 heavy (non-hydrogen) atoms. The van der Waals surface area contributed by atoms with Crippen molar-refractivity contribution in [3.8, 4) is 0 Å². The van der Waals surface area contributed by atoms with Crippen molar-refractivity contribution in [2.24, 2.45) is 0 Å². The molecule has 0 aromatic heterocycles. The van der Waals surface area contributed by atoms with Crippen LogP contribution in [0.3, 0.4) is 0 Å². The van der Waals surface area contributed by atoms with Gasteiger partial charge in [0.2, 0.25) is 0 Å². The number of hydrogen-bond donors (Lipinski definition) is 2. The van der Waals surface area contributed by atoms with Crippen LogP contribution in [0.25, 0.3) is 0 Å². The standard InChI is InChI=1S/C10H21N3/c1-8(13(5)6)7-12-10(3)9(2)11-4/h9,11-12H,1,3,7H2,2,4-6H3. The number of hydrogen-bond acceptors (Lipinski definition) is 3. The van der Waals surface area contributed by atoms with Crippen molar-refractivity contribution in [1.29, 1.82) is 0 Å². The second-order valence-electron chi connectivity index (χ2n) is 3.35. The highest BCUT2D eigenvalue weighted by Gasteiger charge is 2.03. The molecular formula is C10H21N3. The predicted molar refractivity (Wildman–Crippen MR) is 58.5 cm³/mol. The van der Waals surface area contributed by atoms with Gasteiger partial charge in [-0.2, -0.15) is 0 Å². The van der Waals surface area contributed by atoms with E-state index in [-0.39, 0.29) is 6.04 Å². The molecular weight excluding hydrogens is 162 g/mol. The normalized spacial score (nSPS) is 12.0. The zero-order valence-electron chi connectivity index (χ0n) is 9.15. The summed E-state index contributed by atoms with van der Waals surface area (Å²) in [6.07, 6.45) is 0. The molecule has 0 aromatic rings. The molecule has 0 amide bonds. The fourth-order valence-electron chi connectivity index (χ4n) is 0.701. The summed E-state index contributed by atoms with van der Waals surface area (Å²) in [6.45, 7) is 10.6. The molecule has 0 radical (unpaired) electrons. The molecule has 3 heteroatoms. The molecule has 0 spiro atoms. The zero-order valence-corrected chi connectivity index (χ0v) is 9.15. The highest BCUT2D eigenvalue weighted by molar-refractivity contribution is 5.05. The smallest absolute Gasteiger partial charge is 0.0541 e. The van der Waals surface area contributed by atoms with E-state index < -0.39 is 0 Å². The van der Waals surface area contributed by atoms with Crippen LogP contribution >= 0.6 is 0 Å². The minimum absolute atomic E-state index is 0.287. The van der Waals surface area contributed by atoms with E-state index in [0.29, 0.717) is 0 Å². The third kappa shape index (κ3) is 4.58. The van der Waals surface area contributed by atoms with Gasteiger partial charge in [0, 0.05) is 31.5 Å². The Hall–Kier alpha value is -0.960. The first kappa shape index (κ1) is 12.0. The molecule has 0 rings (SSSR count). The topological polar surface area (TPSA) is 27.3 Å². The molecule has 0 fully saturated rings. The maximum Gasteiger partial charge on any atom is 0.0541 e. The quantitative estimate of drug-likeness (QED) is 0.637. The van der Waals surface area contributed by atoms with E-state index >= 15 is 0 Å². The van der Waals surface area contributed by atoms with Crippen molar-refractivity contribution in [3.05, 3.63) is 24.6 Å². The largest absolute Gasteiger partial charge is 0.382 e. The fourth-order valence-corrected chi connectivity index (χ4v) is 0.701. The van der Waals surface area contributed by atoms with Gasteiger partial charge in [-0.1, -0.05) is 13.2 Å². The number of rotatable bonds is 6. The maximum absolute atomic E-state index is 3.92. The number of likely N-dealkylation sites (N-methyl/N-ethyl adjacent to an activating group) is 2. The molecule has 0 aliphatic rings. The molecule has 76 valence electrons. The zero-order chi connectivity index (χ0) is 10.4. The highest BCUT2D eigenvalue weighted by Crippen LogP contribution is 1.96. The molecule has 0 aliphatic carbocycles. The Morgan fingerprint density at radius 3 is 2.31 bits per heavy atom. The Bertz CT molecular complexity index is 185. The van der Waals surface area contributed by atoms with Gasteiger partial charge >= 0.3 is 0 Å². The monoisotopic (exact) mass is 183 g/mol. The molecule has 1 unspecified atom stereocenters. The van der Waals surface area contributed by atoms with Crippen molar-refractivity contribution >= 4 is 0 Å². The van der Waals surface area contributed by atoms with E-state index in [1.165, 1.54) is 0 Å². The van der Waals surface area contributed by atoms with Gasteiger partial charge in [-0.05, 0) is 14.0 Å². The second kappa shape index (κ2) is 5.65. The average molecular weight is 183 g/mol. The van der Waals surface area contributed by atoms with Gasteiger partial charge in [-0.3, -0.25) is 0 Å². The molecule has 0 saturated heterocycles. The lowest BCUT2D eigenvalue weighted by Gasteiger charge is -2.20. The highest BCUT2D eigenvalue weighted by atomic mass is 15.1. The van der Waals surface area contributed by atoms with Gasteiger partial charge in [0.15, 0.2) is 0 Å². The van der Waals surface area contributed by atoms with Crippen molar-refractivity contribution < 1.29 is 0 Å². The lowest BCUT2D eigenvalue weighted by Crippen LogP contribution is -2.33. The van der Waals surface area contributed by atoms with Crippen molar-refractivity contribution in [3.63, 3.8) is 0 Å². The van der Waals surface area contributed by atoms with Gasteiger partial charge in [-0.15, -0.1) is 0 Å². The first-order chi connectivity index (χ1) is 5.99. The third-order valence-electron chi connectivity index (χ3n) is 2.11. The van der Waals surface area contributed by atoms with Crippen LogP contribution in [-0.4, -0.2) is 38.6 Å². The van der Waals surface area contributed by atoms with E-state index in [1.54, 1.807) is 0 Å². The number of nitrogens with zero attached hydrogens (tertiary/aromatic N) is 1. The van der Waals surface area contributed by atoms with Crippen LogP contribution in [0.4, 0.5) is 0 Å². The summed E-state index contributed by atoms with van der Waals surface area (Å²) in [4.78, 5) is 1.99. The molecule has 0 saturated carbocycles. The van der Waals surface area contributed by atoms with Crippen LogP contribution < -0.4 is 10.6 Å². The maximum atomic E-state index is 3.92. The van der Waals surface area contributed by atoms with E-state index in [9.17, 15) is 0 Å². The van der Waals surface area contributed by atoms with Crippen LogP contribution in [-0.2, 0) is 0 Å². The van der Waals surface area contributed by atoms with Crippen LogP contribution in [0, 0.1) is 0 Å². The van der Waals surface area contributed by atoms with Crippen molar-refractivity contribution in [2.75, 3.05) is 27.7 Å². The molecule has 0 bridgehead atoms. The Labute approximate surface area is 81.5 Å². The Kier molecular flexibility index (Phi) is 5.23. The Balaban J connectivity index is 3.77. The van der Waals surface area contributed by atoms with E-state index in [4.69, 9.17) is 0 Å². The van der Waals surface area contributed by atoms with Gasteiger partial charge < -0.3 is 15.5 Å². The summed E-state index contributed by atoms with van der Waals surface area (Å²) in [7, 11) is 5.88. The second-order valence-corrected chi connectivity index (χ2v) is 3.35. The minimum atomic E-state index is 0.287. The molecule has 0 heterocycles. The van der Waals surface area contributed by atoms with Crippen LogP contribution in [0.15, 0.2) is 24.6 Å². The minimum Gasteiger partial charge on any atom is -0.382 e. The summed E-state index contributed by atoms with van der Waals surface area (Å²) in [5.41, 5.74) is 2.04. The van der Waals surface area contributed by atoms with Crippen molar-refractivity contribution in [2.45, 2.75) is 13.0 Å². The summed E-state index contributed by atoms with van der Waals surface area (Å²) in [5, 5.41) is 6.33. The lowest BCUT2D eigenvalue weighted by molar-refractivity contribution is 0.489. The SMILES string of the molecule is C=C(NCC(=C)N(C)C)C(C)NC. The van der Waals surface area contributed by atoms with Gasteiger partial charge in [0.25, 0.3) is 0 Å². The fraction of sp³-hybridized carbons (Fsp3) is 0.600. The van der Waals surface area contributed by atoms with Gasteiger partial charge in [0.1, 0.15) is 0 Å². The molecule has 3 nitrogen and oxygen atoms in total. The summed E-state index contributed by atoms with van der Waals surface area (Å²) in [5.74, 6) is 0. The summed E-state index contributed by atoms with van der Waals surface area (Å²) in [6, 6.07) is 0.287. The third-order valence-corrected chi connectivity index (χ3v) is 2.11. The van der Waals surface area contributed by atoms with Crippen LogP contribution in [0.1, 0.15) is 6.92 Å². The van der Waals surface area contributed by atoms with E-state index in [0.717, 1.165) is 17.9 Å². The Morgan fingerprint density at radius 2 is 1.92 bits per heavy atom. The molecule has 0 aliphatic heterocycles. The Morgan fingerprint density at radius 1 is 1.38 bits per heavy atom. The summed E-state index contributed by atoms with van der Waals surface area (Å²) < 4.78 is 0. The first-order valence-electron chi connectivity index (χ1n) is 4.44. The van der Waals surface area contributed by atoms with Crippen LogP contribution in [0.2, 0.25) is 0 Å². The number of nitrogens with one attached hydrogen (secondary N) is 2. The van der Waals surface area contributed by atoms with E-state index in [2.05, 4.69) is 30.7 Å². The van der Waals surface area contributed by atoms with Crippen LogP contribution in [0.5, 0.6) is 0 Å². The summed E-state index contributed by atoms with van der Waals surface area (Å²) >= 11 is 0. The average Bonchev–Trinajstić information content (AvgIpc) is 2.11. The molecule has 0 aromatic carbocycles. The predicted octanol–water partition coefficient (Wildman–Crippen LogP) is 0.773. The van der Waals surface area contributed by atoms with Crippen molar-refractivity contribution in [1.82, 2.24) is 15.5 Å². The first-order valence-corrected chi connectivity index (χ1v) is 4.44. The molecule has 1 atom stereocenters. The van der Waals surface area contributed by atoms with Gasteiger partial charge in [0.05, 0.1) is 6.54 Å². The van der Waals surface area contributed by atoms with E-state index in [1.807, 2.05) is 26.0 Å². The molecule has 2 N–H and O–H groups in total.